The molecule has 0 aromatic rings. The molecular weight excluding hydrogens is 236 g/mol. The zero-order valence-electron chi connectivity index (χ0n) is 10.2. The molecule has 0 spiro atoms. The van der Waals surface area contributed by atoms with Crippen molar-refractivity contribution < 1.29 is 4.74 Å². The summed E-state index contributed by atoms with van der Waals surface area (Å²) in [5, 5.41) is 0.461. The zero-order chi connectivity index (χ0) is 12.2. The minimum atomic E-state index is -1.28. The lowest BCUT2D eigenvalue weighted by molar-refractivity contribution is 0.0290. The Morgan fingerprint density at radius 1 is 1.56 bits per heavy atom. The third kappa shape index (κ3) is 4.52. The fourth-order valence-electron chi connectivity index (χ4n) is 1.55. The number of nitrogens with zero attached hydrogens (tertiary/aromatic N) is 1. The first-order chi connectivity index (χ1) is 7.40. The highest BCUT2D eigenvalue weighted by Crippen LogP contribution is 2.10. The van der Waals surface area contributed by atoms with Crippen molar-refractivity contribution in [2.75, 3.05) is 19.8 Å². The summed E-state index contributed by atoms with van der Waals surface area (Å²) in [4.78, 5) is 2.03. The molecule has 0 amide bonds. The lowest BCUT2D eigenvalue weighted by Crippen LogP contribution is -2.50. The lowest BCUT2D eigenvalue weighted by Gasteiger charge is -2.35. The second-order valence-electron chi connectivity index (χ2n) is 5.02. The van der Waals surface area contributed by atoms with Crippen LogP contribution in [0.2, 0.25) is 19.6 Å². The Hall–Kier alpha value is -0.573. The molecule has 0 saturated carbocycles. The van der Waals surface area contributed by atoms with Crippen LogP contribution in [-0.2, 0) is 4.74 Å². The van der Waals surface area contributed by atoms with Crippen LogP contribution in [0.4, 0.5) is 0 Å². The van der Waals surface area contributed by atoms with E-state index >= 15 is 0 Å². The van der Waals surface area contributed by atoms with Crippen molar-refractivity contribution in [2.45, 2.75) is 32.1 Å². The molecule has 1 rings (SSSR count). The monoisotopic (exact) mass is 256 g/mol. The number of hydrogen-bond donors (Lipinski definition) is 1. The Morgan fingerprint density at radius 3 is 2.81 bits per heavy atom. The highest BCUT2D eigenvalue weighted by atomic mass is 32.1. The molecule has 1 heterocycles. The van der Waals surface area contributed by atoms with Crippen molar-refractivity contribution in [1.82, 2.24) is 4.90 Å². The molecule has 1 unspecified atom stereocenters. The number of nitrogens with two attached hydrogens (primary N) is 1. The Balaban J connectivity index is 2.56. The standard InChI is InChI=1S/C11H20N2OSSi/c1-16(2,3)8-4-5-10-9-14-7-6-13(10)11(12)15/h10H,5-7,9H2,1-3H3,(H2,12,15). The van der Waals surface area contributed by atoms with Crippen molar-refractivity contribution in [3.8, 4) is 11.5 Å². The molecule has 2 N–H and O–H groups in total. The van der Waals surface area contributed by atoms with Gasteiger partial charge in [-0.3, -0.25) is 0 Å². The molecule has 0 aromatic carbocycles. The van der Waals surface area contributed by atoms with Gasteiger partial charge in [-0.05, 0) is 12.2 Å². The van der Waals surface area contributed by atoms with E-state index in [1.54, 1.807) is 0 Å². The fraction of sp³-hybridized carbons (Fsp3) is 0.727. The van der Waals surface area contributed by atoms with Crippen molar-refractivity contribution in [3.63, 3.8) is 0 Å². The van der Waals surface area contributed by atoms with Crippen LogP contribution in [0.5, 0.6) is 0 Å². The van der Waals surface area contributed by atoms with Gasteiger partial charge in [0, 0.05) is 13.0 Å². The summed E-state index contributed by atoms with van der Waals surface area (Å²) < 4.78 is 5.43. The molecule has 3 nitrogen and oxygen atoms in total. The molecule has 1 aliphatic rings. The van der Waals surface area contributed by atoms with Crippen LogP contribution in [0.3, 0.4) is 0 Å². The van der Waals surface area contributed by atoms with Gasteiger partial charge in [0.1, 0.15) is 8.07 Å². The quantitative estimate of drug-likeness (QED) is 0.435. The van der Waals surface area contributed by atoms with Crippen LogP contribution in [-0.4, -0.2) is 43.9 Å². The fourth-order valence-corrected chi connectivity index (χ4v) is 2.42. The topological polar surface area (TPSA) is 38.5 Å². The molecule has 0 bridgehead atoms. The van der Waals surface area contributed by atoms with Gasteiger partial charge in [-0.25, -0.2) is 0 Å². The van der Waals surface area contributed by atoms with Gasteiger partial charge < -0.3 is 15.4 Å². The van der Waals surface area contributed by atoms with Crippen LogP contribution in [0, 0.1) is 11.5 Å². The first kappa shape index (κ1) is 13.5. The lowest BCUT2D eigenvalue weighted by atomic mass is 10.2. The number of morpholine rings is 1. The molecule has 1 saturated heterocycles. The van der Waals surface area contributed by atoms with E-state index in [9.17, 15) is 0 Å². The number of ether oxygens (including phenoxy) is 1. The molecule has 1 atom stereocenters. The molecule has 1 fully saturated rings. The summed E-state index contributed by atoms with van der Waals surface area (Å²) in [5.74, 6) is 3.25. The minimum Gasteiger partial charge on any atom is -0.377 e. The van der Waals surface area contributed by atoms with E-state index < -0.39 is 8.07 Å². The summed E-state index contributed by atoms with van der Waals surface area (Å²) in [6.07, 6.45) is 0.793. The molecule has 0 aromatic heterocycles. The molecule has 5 heteroatoms. The SMILES string of the molecule is C[Si](C)(C)C#CCC1COCCN1C(N)=S. The summed E-state index contributed by atoms with van der Waals surface area (Å²) in [5.41, 5.74) is 9.03. The van der Waals surface area contributed by atoms with Gasteiger partial charge in [0.2, 0.25) is 0 Å². The molecule has 16 heavy (non-hydrogen) atoms. The van der Waals surface area contributed by atoms with Gasteiger partial charge in [0.15, 0.2) is 5.11 Å². The second-order valence-corrected chi connectivity index (χ2v) is 10.2. The van der Waals surface area contributed by atoms with E-state index in [-0.39, 0.29) is 6.04 Å². The van der Waals surface area contributed by atoms with Crippen LogP contribution in [0.15, 0.2) is 0 Å². The van der Waals surface area contributed by atoms with E-state index in [2.05, 4.69) is 31.1 Å². The molecule has 1 aliphatic heterocycles. The molecule has 0 radical (unpaired) electrons. The van der Waals surface area contributed by atoms with Gasteiger partial charge in [0.25, 0.3) is 0 Å². The van der Waals surface area contributed by atoms with Crippen molar-refractivity contribution in [3.05, 3.63) is 0 Å². The first-order valence-corrected chi connectivity index (χ1v) is 9.45. The Kier molecular flexibility index (Phi) is 4.78. The van der Waals surface area contributed by atoms with Crippen molar-refractivity contribution in [1.29, 1.82) is 0 Å². The van der Waals surface area contributed by atoms with E-state index in [1.165, 1.54) is 0 Å². The Bertz CT molecular complexity index is 316. The second kappa shape index (κ2) is 5.67. The van der Waals surface area contributed by atoms with Crippen LogP contribution < -0.4 is 5.73 Å². The molecule has 90 valence electrons. The average Bonchev–Trinajstić information content (AvgIpc) is 2.16. The predicted molar refractivity (Wildman–Crippen MR) is 73.8 cm³/mol. The third-order valence-electron chi connectivity index (χ3n) is 2.31. The number of thiocarbonyl (C=S) groups is 1. The van der Waals surface area contributed by atoms with Crippen LogP contribution in [0.25, 0.3) is 0 Å². The summed E-state index contributed by atoms with van der Waals surface area (Å²) >= 11 is 5.03. The highest BCUT2D eigenvalue weighted by molar-refractivity contribution is 7.80. The predicted octanol–water partition coefficient (Wildman–Crippen LogP) is 1.20. The average molecular weight is 256 g/mol. The highest BCUT2D eigenvalue weighted by Gasteiger charge is 2.22. The first-order valence-electron chi connectivity index (χ1n) is 5.54. The maximum absolute atomic E-state index is 5.68. The molecule has 0 aliphatic carbocycles. The third-order valence-corrected chi connectivity index (χ3v) is 3.47. The number of hydrogen-bond acceptors (Lipinski definition) is 2. The van der Waals surface area contributed by atoms with Crippen molar-refractivity contribution in [2.24, 2.45) is 5.73 Å². The van der Waals surface area contributed by atoms with Crippen molar-refractivity contribution >= 4 is 25.4 Å². The summed E-state index contributed by atoms with van der Waals surface area (Å²) in [7, 11) is -1.28. The van der Waals surface area contributed by atoms with Gasteiger partial charge in [-0.1, -0.05) is 19.6 Å². The van der Waals surface area contributed by atoms with E-state index in [0.717, 1.165) is 13.0 Å². The Morgan fingerprint density at radius 2 is 2.25 bits per heavy atom. The van der Waals surface area contributed by atoms with Gasteiger partial charge >= 0.3 is 0 Å². The summed E-state index contributed by atoms with van der Waals surface area (Å²) in [6, 6.07) is 0.232. The smallest absolute Gasteiger partial charge is 0.166 e. The minimum absolute atomic E-state index is 0.232. The Labute approximate surface area is 104 Å². The largest absolute Gasteiger partial charge is 0.377 e. The zero-order valence-corrected chi connectivity index (χ0v) is 12.1. The van der Waals surface area contributed by atoms with E-state index in [4.69, 9.17) is 22.7 Å². The normalized spacial score (nSPS) is 21.2. The van der Waals surface area contributed by atoms with Gasteiger partial charge in [-0.15, -0.1) is 11.5 Å². The van der Waals surface area contributed by atoms with Gasteiger partial charge in [0.05, 0.1) is 19.3 Å². The maximum Gasteiger partial charge on any atom is 0.166 e. The van der Waals surface area contributed by atoms with Crippen LogP contribution in [0.1, 0.15) is 6.42 Å². The van der Waals surface area contributed by atoms with Gasteiger partial charge in [-0.2, -0.15) is 0 Å². The molecular formula is C11H20N2OSSi. The summed E-state index contributed by atoms with van der Waals surface area (Å²) in [6.45, 7) is 8.88. The maximum atomic E-state index is 5.68. The van der Waals surface area contributed by atoms with E-state index in [1.807, 2.05) is 4.90 Å². The van der Waals surface area contributed by atoms with Crippen LogP contribution >= 0.6 is 12.2 Å². The number of rotatable bonds is 1. The van der Waals surface area contributed by atoms with E-state index in [0.29, 0.717) is 18.3 Å².